The molecule has 0 radical (unpaired) electrons. The molecule has 0 aliphatic rings. The molecule has 4 heterocycles. The van der Waals surface area contributed by atoms with Crippen molar-refractivity contribution in [2.45, 2.75) is 6.18 Å². The van der Waals surface area contributed by atoms with Gasteiger partial charge in [0.2, 0.25) is 11.2 Å². The first-order valence-corrected chi connectivity index (χ1v) is 24.4. The maximum atomic E-state index is 13.3. The Labute approximate surface area is 460 Å². The van der Waals surface area contributed by atoms with Gasteiger partial charge in [0.1, 0.15) is 34.9 Å². The van der Waals surface area contributed by atoms with Crippen LogP contribution in [-0.4, -0.2) is 78.8 Å². The highest BCUT2D eigenvalue weighted by atomic mass is 19.4. The van der Waals surface area contributed by atoms with E-state index in [1.807, 2.05) is 30.3 Å². The molecule has 0 bridgehead atoms. The monoisotopic (exact) mass is 1110 g/mol. The second-order valence-electron chi connectivity index (χ2n) is 18.0. The van der Waals surface area contributed by atoms with Crippen molar-refractivity contribution in [3.63, 3.8) is 0 Å². The van der Waals surface area contributed by atoms with Crippen LogP contribution in [0.25, 0.3) is 83.2 Å². The van der Waals surface area contributed by atoms with Gasteiger partial charge >= 0.3 is 30.1 Å². The van der Waals surface area contributed by atoms with Crippen LogP contribution in [0.15, 0.2) is 195 Å². The number of nitrogens with zero attached hydrogens (tertiary/aromatic N) is 8. The zero-order chi connectivity index (χ0) is 58.4. The highest BCUT2D eigenvalue weighted by Crippen LogP contribution is 2.32. The number of carboxylic acid groups (broad SMARTS) is 4. The first-order chi connectivity index (χ1) is 39.2. The number of aromatic carboxylic acids is 4. The number of alkyl halides is 3. The lowest BCUT2D eigenvalue weighted by atomic mass is 10.0. The third kappa shape index (κ3) is 12.3. The molecule has 4 aromatic heterocycles. The van der Waals surface area contributed by atoms with E-state index in [2.05, 4.69) is 25.1 Å². The lowest BCUT2D eigenvalue weighted by Gasteiger charge is -2.06. The van der Waals surface area contributed by atoms with Crippen molar-refractivity contribution < 1.29 is 66.1 Å². The summed E-state index contributed by atoms with van der Waals surface area (Å²) in [5, 5.41) is 47.2. The van der Waals surface area contributed by atoms with Gasteiger partial charge in [0.05, 0.1) is 56.3 Å². The molecule has 12 rings (SSSR count). The molecule has 0 aliphatic carbocycles. The van der Waals surface area contributed by atoms with Crippen molar-refractivity contribution in [1.29, 1.82) is 0 Å². The number of aryl methyl sites for hydroxylation is 2. The maximum absolute atomic E-state index is 13.3. The molecule has 12 aromatic rings. The minimum absolute atomic E-state index is 0.0751. The minimum atomic E-state index is -4.40. The van der Waals surface area contributed by atoms with Crippen LogP contribution >= 0.6 is 0 Å². The standard InChI is InChI=1S/C16H9F3N2O2.2C15H11FN2O2.C15H10N2O2/c17-16(18,19)11-2-4-12(5-3-11)21-8-7-20-13-6-1-10(15(22)23)9-14(13)21;1-18-13-7-4-10(15(19)20)8-12(13)14(17-18)9-2-5-11(16)6-3-9;1-18-13-6-5-10(15(19)20)8-12(13)14(17-18)9-3-2-4-11(16)7-9;18-15(19)11-6-7-13-12(8-11)14(17-9-16-13)10-4-2-1-3-5-10/h1-9H;2*2-8H,1H3,(H,19,20);1-9H,(H,18,19)/p+1. The van der Waals surface area contributed by atoms with Crippen molar-refractivity contribution in [3.05, 3.63) is 234 Å². The number of halogens is 5. The number of carboxylic acids is 4. The molecular formula is C61H42F5N8O8+. The van der Waals surface area contributed by atoms with Crippen LogP contribution in [0.3, 0.4) is 0 Å². The van der Waals surface area contributed by atoms with Gasteiger partial charge in [0.15, 0.2) is 6.20 Å². The van der Waals surface area contributed by atoms with E-state index >= 15 is 0 Å². The molecule has 0 atom stereocenters. The Morgan fingerprint density at radius 3 is 1.51 bits per heavy atom. The lowest BCUT2D eigenvalue weighted by Crippen LogP contribution is -2.31. The van der Waals surface area contributed by atoms with Crippen molar-refractivity contribution in [2.75, 3.05) is 0 Å². The largest absolute Gasteiger partial charge is 0.478 e. The summed E-state index contributed by atoms with van der Waals surface area (Å²) >= 11 is 0. The van der Waals surface area contributed by atoms with Crippen LogP contribution in [0.1, 0.15) is 47.0 Å². The van der Waals surface area contributed by atoms with E-state index in [0.29, 0.717) is 39.1 Å². The first-order valence-electron chi connectivity index (χ1n) is 24.4. The van der Waals surface area contributed by atoms with Crippen LogP contribution in [0.2, 0.25) is 0 Å². The van der Waals surface area contributed by atoms with E-state index < -0.39 is 35.6 Å². The Balaban J connectivity index is 0.000000132. The van der Waals surface area contributed by atoms with E-state index in [9.17, 15) is 41.1 Å². The summed E-state index contributed by atoms with van der Waals surface area (Å²) in [7, 11) is 3.56. The number of rotatable bonds is 8. The molecule has 4 N–H and O–H groups in total. The van der Waals surface area contributed by atoms with Crippen LogP contribution < -0.4 is 4.57 Å². The number of aromatic nitrogens is 8. The maximum Gasteiger partial charge on any atom is 0.416 e. The average Bonchev–Trinajstić information content (AvgIpc) is 4.16. The number of carbonyl (C=O) groups is 4. The van der Waals surface area contributed by atoms with Crippen molar-refractivity contribution >= 4 is 67.6 Å². The summed E-state index contributed by atoms with van der Waals surface area (Å²) < 4.78 is 69.2. The Bertz CT molecular complexity index is 4400. The van der Waals surface area contributed by atoms with Crippen molar-refractivity contribution in [1.82, 2.24) is 34.5 Å². The number of fused-ring (bicyclic) bond motifs is 4. The quantitative estimate of drug-likeness (QED) is 0.0821. The van der Waals surface area contributed by atoms with Gasteiger partial charge in [-0.25, -0.2) is 42.9 Å². The fourth-order valence-corrected chi connectivity index (χ4v) is 8.74. The van der Waals surface area contributed by atoms with E-state index in [1.54, 1.807) is 113 Å². The molecular weight excluding hydrogens is 1070 g/mol. The molecule has 21 heteroatoms. The van der Waals surface area contributed by atoms with Gasteiger partial charge in [-0.1, -0.05) is 42.5 Å². The van der Waals surface area contributed by atoms with Gasteiger partial charge in [0.25, 0.3) is 0 Å². The summed E-state index contributed by atoms with van der Waals surface area (Å²) in [6.45, 7) is 0. The topological polar surface area (TPSA) is 227 Å². The van der Waals surface area contributed by atoms with Gasteiger partial charge in [-0.15, -0.1) is 0 Å². The van der Waals surface area contributed by atoms with Gasteiger partial charge in [0, 0.05) is 65.1 Å². The van der Waals surface area contributed by atoms with Gasteiger partial charge in [-0.2, -0.15) is 27.9 Å². The Kier molecular flexibility index (Phi) is 15.9. The smallest absolute Gasteiger partial charge is 0.416 e. The van der Waals surface area contributed by atoms with Crippen LogP contribution in [0, 0.1) is 11.6 Å². The molecule has 16 nitrogen and oxygen atoms in total. The zero-order valence-electron chi connectivity index (χ0n) is 42.9. The molecule has 0 amide bonds. The minimum Gasteiger partial charge on any atom is -0.478 e. The summed E-state index contributed by atoms with van der Waals surface area (Å²) in [4.78, 5) is 56.8. The van der Waals surface area contributed by atoms with Crippen molar-refractivity contribution in [3.8, 4) is 39.5 Å². The summed E-state index contributed by atoms with van der Waals surface area (Å²) in [5.74, 6) is -4.70. The second kappa shape index (κ2) is 23.5. The van der Waals surface area contributed by atoms with E-state index in [-0.39, 0.29) is 33.9 Å². The zero-order valence-corrected chi connectivity index (χ0v) is 42.9. The normalized spacial score (nSPS) is 11.0. The number of benzene rings is 8. The molecule has 0 spiro atoms. The first kappa shape index (κ1) is 55.7. The van der Waals surface area contributed by atoms with Gasteiger partial charge in [-0.3, -0.25) is 9.36 Å². The molecule has 0 aliphatic heterocycles. The van der Waals surface area contributed by atoms with Crippen LogP contribution in [0.5, 0.6) is 0 Å². The Morgan fingerprint density at radius 1 is 0.463 bits per heavy atom. The van der Waals surface area contributed by atoms with Gasteiger partial charge in [-0.05, 0) is 115 Å². The van der Waals surface area contributed by atoms with Gasteiger partial charge < -0.3 is 20.4 Å². The lowest BCUT2D eigenvalue weighted by molar-refractivity contribution is -0.567. The van der Waals surface area contributed by atoms with Crippen molar-refractivity contribution in [2.24, 2.45) is 14.1 Å². The molecule has 82 heavy (non-hydrogen) atoms. The fraction of sp³-hybridized carbons (Fsp3) is 0.0492. The highest BCUT2D eigenvalue weighted by Gasteiger charge is 2.31. The molecule has 0 saturated carbocycles. The molecule has 0 unspecified atom stereocenters. The molecule has 0 fully saturated rings. The SMILES string of the molecule is Cn1nc(-c2ccc(F)cc2)c2cc(C(=O)O)ccc21.Cn1nc(-c2cccc(F)c2)c2cc(C(=O)O)ccc21.O=C(O)c1ccc2ncc[n+](-c3ccc(C(F)(F)F)cc3)c2c1.O=C(O)c1ccc2ncnc(-c3ccccc3)c2c1. The van der Waals surface area contributed by atoms with E-state index in [4.69, 9.17) is 20.4 Å². The second-order valence-corrected chi connectivity index (χ2v) is 18.0. The van der Waals surface area contributed by atoms with E-state index in [0.717, 1.165) is 56.3 Å². The third-order valence-electron chi connectivity index (χ3n) is 12.7. The molecule has 408 valence electrons. The van der Waals surface area contributed by atoms with Crippen LogP contribution in [-0.2, 0) is 20.3 Å². The number of hydrogen-bond donors (Lipinski definition) is 4. The highest BCUT2D eigenvalue weighted by molar-refractivity contribution is 6.01. The molecule has 0 saturated heterocycles. The third-order valence-corrected chi connectivity index (χ3v) is 12.7. The number of hydrogen-bond acceptors (Lipinski definition) is 9. The predicted molar refractivity (Wildman–Crippen MR) is 293 cm³/mol. The summed E-state index contributed by atoms with van der Waals surface area (Å²) in [5.41, 5.74) is 8.11. The predicted octanol–water partition coefficient (Wildman–Crippen LogP) is 12.4. The van der Waals surface area contributed by atoms with E-state index in [1.165, 1.54) is 67.1 Å². The molecule has 8 aromatic carbocycles. The summed E-state index contributed by atoms with van der Waals surface area (Å²) in [6, 6.07) is 45.3. The fourth-order valence-electron chi connectivity index (χ4n) is 8.74. The Hall–Kier alpha value is -11.1. The summed E-state index contributed by atoms with van der Waals surface area (Å²) in [6.07, 6.45) is 0.155. The van der Waals surface area contributed by atoms with Crippen LogP contribution in [0.4, 0.5) is 22.0 Å². The Morgan fingerprint density at radius 2 is 0.963 bits per heavy atom. The average molecular weight is 1110 g/mol.